The lowest BCUT2D eigenvalue weighted by Gasteiger charge is -2.17. The lowest BCUT2D eigenvalue weighted by molar-refractivity contribution is 0.0514. The Balaban J connectivity index is 2.16. The predicted octanol–water partition coefficient (Wildman–Crippen LogP) is 3.41. The Morgan fingerprint density at radius 1 is 1.42 bits per heavy atom. The molecule has 1 unspecified atom stereocenters. The molecule has 0 aliphatic heterocycles. The van der Waals surface area contributed by atoms with Crippen molar-refractivity contribution in [2.75, 3.05) is 18.9 Å². The van der Waals surface area contributed by atoms with Crippen LogP contribution < -0.4 is 4.72 Å². The van der Waals surface area contributed by atoms with E-state index >= 15 is 0 Å². The van der Waals surface area contributed by atoms with Crippen molar-refractivity contribution in [2.24, 2.45) is 7.05 Å². The summed E-state index contributed by atoms with van der Waals surface area (Å²) < 4.78 is 33.3. The van der Waals surface area contributed by atoms with Gasteiger partial charge in [0.1, 0.15) is 11.8 Å². The number of rotatable bonds is 10. The van der Waals surface area contributed by atoms with Crippen LogP contribution >= 0.6 is 11.8 Å². The normalized spacial score (nSPS) is 16.3. The molecule has 0 amide bonds. The van der Waals surface area contributed by atoms with Crippen LogP contribution in [0.4, 0.5) is 0 Å². The SMILES string of the molecule is CCOC(=O)c1c(C2=CCC(SCCNS(=O)(=O)C(C)C)C=C2)c(C#N)c(CC)n1C. The molecule has 1 N–H and O–H groups in total. The number of nitriles is 1. The molecule has 0 spiro atoms. The van der Waals surface area contributed by atoms with E-state index in [0.29, 0.717) is 35.5 Å². The number of hydrogen-bond donors (Lipinski definition) is 1. The molecule has 1 aromatic heterocycles. The van der Waals surface area contributed by atoms with Gasteiger partial charge in [-0.1, -0.05) is 25.2 Å². The van der Waals surface area contributed by atoms with Crippen LogP contribution in [-0.2, 0) is 28.2 Å². The molecule has 1 aliphatic rings. The summed E-state index contributed by atoms with van der Waals surface area (Å²) >= 11 is 1.67. The van der Waals surface area contributed by atoms with Gasteiger partial charge in [0.15, 0.2) is 0 Å². The Bertz CT molecular complexity index is 1010. The van der Waals surface area contributed by atoms with Crippen molar-refractivity contribution >= 4 is 33.3 Å². The number of allylic oxidation sites excluding steroid dienone is 3. The van der Waals surface area contributed by atoms with Crippen LogP contribution in [0, 0.1) is 11.3 Å². The molecule has 2 rings (SSSR count). The molecular weight excluding hydrogens is 434 g/mol. The van der Waals surface area contributed by atoms with Gasteiger partial charge in [0, 0.05) is 35.9 Å². The second-order valence-electron chi connectivity index (χ2n) is 7.44. The highest BCUT2D eigenvalue weighted by Gasteiger charge is 2.28. The minimum atomic E-state index is -3.25. The van der Waals surface area contributed by atoms with E-state index in [0.717, 1.165) is 17.7 Å². The number of aromatic nitrogens is 1. The minimum Gasteiger partial charge on any atom is -0.461 e. The lowest BCUT2D eigenvalue weighted by atomic mass is 9.95. The molecule has 9 heteroatoms. The van der Waals surface area contributed by atoms with Crippen molar-refractivity contribution in [3.05, 3.63) is 40.7 Å². The molecule has 1 aromatic rings. The van der Waals surface area contributed by atoms with Crippen molar-refractivity contribution in [1.82, 2.24) is 9.29 Å². The van der Waals surface area contributed by atoms with Gasteiger partial charge < -0.3 is 9.30 Å². The maximum absolute atomic E-state index is 12.6. The first-order chi connectivity index (χ1) is 14.7. The van der Waals surface area contributed by atoms with E-state index in [1.54, 1.807) is 44.1 Å². The van der Waals surface area contributed by atoms with E-state index < -0.39 is 21.2 Å². The standard InChI is InChI=1S/C22H31N3O4S2/c1-6-19-18(14-23)20(21(25(19)5)22(26)29-7-2)16-8-10-17(11-9-16)30-13-12-24-31(27,28)15(3)4/h8-10,15,17,24H,6-7,11-13H2,1-5H3. The highest BCUT2D eigenvalue weighted by molar-refractivity contribution is 8.00. The van der Waals surface area contributed by atoms with E-state index in [2.05, 4.69) is 10.8 Å². The van der Waals surface area contributed by atoms with Crippen LogP contribution in [0.15, 0.2) is 18.2 Å². The first kappa shape index (κ1) is 25.2. The smallest absolute Gasteiger partial charge is 0.355 e. The molecule has 0 radical (unpaired) electrons. The monoisotopic (exact) mass is 465 g/mol. The molecular formula is C22H31N3O4S2. The average Bonchev–Trinajstić information content (AvgIpc) is 3.03. The molecule has 0 saturated carbocycles. The maximum atomic E-state index is 12.6. The van der Waals surface area contributed by atoms with Crippen LogP contribution in [0.3, 0.4) is 0 Å². The van der Waals surface area contributed by atoms with E-state index in [-0.39, 0.29) is 11.9 Å². The molecule has 0 aromatic carbocycles. The number of ether oxygens (including phenoxy) is 1. The first-order valence-electron chi connectivity index (χ1n) is 10.4. The fraction of sp³-hybridized carbons (Fsp3) is 0.545. The highest BCUT2D eigenvalue weighted by atomic mass is 32.2. The second-order valence-corrected chi connectivity index (χ2v) is 11.1. The van der Waals surface area contributed by atoms with Gasteiger partial charge in [-0.05, 0) is 39.2 Å². The summed E-state index contributed by atoms with van der Waals surface area (Å²) in [5, 5.41) is 9.55. The third-order valence-electron chi connectivity index (χ3n) is 5.14. The van der Waals surface area contributed by atoms with Crippen molar-refractivity contribution in [3.63, 3.8) is 0 Å². The molecule has 0 fully saturated rings. The van der Waals surface area contributed by atoms with Crippen molar-refractivity contribution in [3.8, 4) is 6.07 Å². The molecule has 1 atom stereocenters. The average molecular weight is 466 g/mol. The zero-order valence-corrected chi connectivity index (χ0v) is 20.4. The number of carbonyl (C=O) groups is 1. The fourth-order valence-electron chi connectivity index (χ4n) is 3.46. The van der Waals surface area contributed by atoms with Crippen molar-refractivity contribution in [1.29, 1.82) is 5.26 Å². The molecule has 1 heterocycles. The van der Waals surface area contributed by atoms with Crippen LogP contribution in [0.1, 0.15) is 61.4 Å². The fourth-order valence-corrected chi connectivity index (χ4v) is 5.25. The minimum absolute atomic E-state index is 0.207. The third kappa shape index (κ3) is 5.82. The summed E-state index contributed by atoms with van der Waals surface area (Å²) in [6.45, 7) is 7.67. The maximum Gasteiger partial charge on any atom is 0.355 e. The third-order valence-corrected chi connectivity index (χ3v) is 8.20. The van der Waals surface area contributed by atoms with E-state index in [1.165, 1.54) is 0 Å². The number of nitrogens with zero attached hydrogens (tertiary/aromatic N) is 2. The summed E-state index contributed by atoms with van der Waals surface area (Å²) in [5.41, 5.74) is 3.19. The topological polar surface area (TPSA) is 101 Å². The van der Waals surface area contributed by atoms with Crippen LogP contribution in [0.2, 0.25) is 0 Å². The predicted molar refractivity (Wildman–Crippen MR) is 126 cm³/mol. The first-order valence-corrected chi connectivity index (χ1v) is 13.0. The van der Waals surface area contributed by atoms with Crippen molar-refractivity contribution in [2.45, 2.75) is 51.0 Å². The van der Waals surface area contributed by atoms with Crippen LogP contribution in [0.5, 0.6) is 0 Å². The van der Waals surface area contributed by atoms with Crippen LogP contribution in [-0.4, -0.2) is 48.4 Å². The van der Waals surface area contributed by atoms with Gasteiger partial charge in [-0.2, -0.15) is 17.0 Å². The van der Waals surface area contributed by atoms with Crippen molar-refractivity contribution < 1.29 is 17.9 Å². The number of carbonyl (C=O) groups excluding carboxylic acids is 1. The number of sulfonamides is 1. The summed E-state index contributed by atoms with van der Waals surface area (Å²) in [6, 6.07) is 2.27. The summed E-state index contributed by atoms with van der Waals surface area (Å²) in [4.78, 5) is 12.6. The largest absolute Gasteiger partial charge is 0.461 e. The number of hydrogen-bond acceptors (Lipinski definition) is 6. The van der Waals surface area contributed by atoms with Gasteiger partial charge in [-0.3, -0.25) is 0 Å². The second kappa shape index (κ2) is 11.0. The molecule has 1 aliphatic carbocycles. The molecule has 0 saturated heterocycles. The van der Waals surface area contributed by atoms with E-state index in [1.807, 2.05) is 25.2 Å². The molecule has 7 nitrogen and oxygen atoms in total. The summed E-state index contributed by atoms with van der Waals surface area (Å²) in [5.74, 6) is 0.229. The van der Waals surface area contributed by atoms with Gasteiger partial charge >= 0.3 is 5.97 Å². The Kier molecular flexibility index (Phi) is 8.98. The zero-order chi connectivity index (χ0) is 23.2. The summed E-state index contributed by atoms with van der Waals surface area (Å²) in [6.07, 6.45) is 7.39. The van der Waals surface area contributed by atoms with E-state index in [4.69, 9.17) is 4.74 Å². The van der Waals surface area contributed by atoms with Gasteiger partial charge in [-0.25, -0.2) is 17.9 Å². The van der Waals surface area contributed by atoms with E-state index in [9.17, 15) is 18.5 Å². The Hall–Kier alpha value is -2.02. The zero-order valence-electron chi connectivity index (χ0n) is 18.8. The molecule has 170 valence electrons. The molecule has 0 bridgehead atoms. The Labute approximate surface area is 189 Å². The van der Waals surface area contributed by atoms with Crippen LogP contribution in [0.25, 0.3) is 5.57 Å². The van der Waals surface area contributed by atoms with Gasteiger partial charge in [0.25, 0.3) is 0 Å². The number of nitrogens with one attached hydrogen (secondary N) is 1. The lowest BCUT2D eigenvalue weighted by Crippen LogP contribution is -2.32. The highest BCUT2D eigenvalue weighted by Crippen LogP contribution is 2.34. The van der Waals surface area contributed by atoms with Gasteiger partial charge in [0.2, 0.25) is 10.0 Å². The van der Waals surface area contributed by atoms with Gasteiger partial charge in [-0.15, -0.1) is 0 Å². The Morgan fingerprint density at radius 3 is 2.65 bits per heavy atom. The van der Waals surface area contributed by atoms with Gasteiger partial charge in [0.05, 0.1) is 17.4 Å². The number of thioether (sulfide) groups is 1. The quantitative estimate of drug-likeness (QED) is 0.420. The number of esters is 1. The molecule has 31 heavy (non-hydrogen) atoms. The Morgan fingerprint density at radius 2 is 2.13 bits per heavy atom. The summed E-state index contributed by atoms with van der Waals surface area (Å²) in [7, 11) is -1.45.